The number of hydrogen-bond acceptors (Lipinski definition) is 4. The van der Waals surface area contributed by atoms with Gasteiger partial charge in [0.25, 0.3) is 5.91 Å². The summed E-state index contributed by atoms with van der Waals surface area (Å²) in [6.07, 6.45) is 7.63. The number of ether oxygens (including phenoxy) is 1. The molecule has 0 atom stereocenters. The van der Waals surface area contributed by atoms with Crippen LogP contribution in [0.15, 0.2) is 66.9 Å². The normalized spacial score (nSPS) is 14.3. The molecule has 4 rings (SSSR count). The first-order chi connectivity index (χ1) is 14.2. The molecule has 1 fully saturated rings. The van der Waals surface area contributed by atoms with Crippen LogP contribution in [0.1, 0.15) is 42.5 Å². The van der Waals surface area contributed by atoms with Gasteiger partial charge in [0.15, 0.2) is 0 Å². The number of nitrogens with zero attached hydrogens (tertiary/aromatic N) is 1. The molecule has 5 heteroatoms. The molecule has 5 nitrogen and oxygen atoms in total. The summed E-state index contributed by atoms with van der Waals surface area (Å²) in [4.78, 5) is 16.2. The monoisotopic (exact) mass is 387 g/mol. The molecule has 1 saturated carbocycles. The summed E-state index contributed by atoms with van der Waals surface area (Å²) in [7, 11) is 0. The second kappa shape index (κ2) is 8.78. The van der Waals surface area contributed by atoms with Crippen LogP contribution < -0.4 is 15.8 Å². The van der Waals surface area contributed by atoms with E-state index in [2.05, 4.69) is 10.3 Å². The second-order valence-electron chi connectivity index (χ2n) is 7.37. The van der Waals surface area contributed by atoms with Crippen molar-refractivity contribution in [2.24, 2.45) is 5.73 Å². The van der Waals surface area contributed by atoms with Gasteiger partial charge in [0.05, 0.1) is 5.56 Å². The van der Waals surface area contributed by atoms with Gasteiger partial charge in [-0.3, -0.25) is 4.79 Å². The first-order valence-electron chi connectivity index (χ1n) is 10.1. The fraction of sp³-hybridized carbons (Fsp3) is 0.250. The molecule has 0 radical (unpaired) electrons. The van der Waals surface area contributed by atoms with Crippen molar-refractivity contribution in [2.45, 2.75) is 38.1 Å². The second-order valence-corrected chi connectivity index (χ2v) is 7.37. The molecular formula is C24H25N3O2. The predicted molar refractivity (Wildman–Crippen MR) is 115 cm³/mol. The van der Waals surface area contributed by atoms with Gasteiger partial charge in [-0.25, -0.2) is 4.98 Å². The molecule has 1 aliphatic carbocycles. The lowest BCUT2D eigenvalue weighted by Crippen LogP contribution is -2.24. The van der Waals surface area contributed by atoms with Gasteiger partial charge in [-0.2, -0.15) is 0 Å². The number of nitrogens with two attached hydrogens (primary N) is 1. The highest BCUT2D eigenvalue weighted by molar-refractivity contribution is 5.99. The molecular weight excluding hydrogens is 362 g/mol. The van der Waals surface area contributed by atoms with E-state index < -0.39 is 5.91 Å². The van der Waals surface area contributed by atoms with Gasteiger partial charge >= 0.3 is 0 Å². The van der Waals surface area contributed by atoms with Gasteiger partial charge in [0.2, 0.25) is 5.88 Å². The van der Waals surface area contributed by atoms with Crippen LogP contribution in [0.2, 0.25) is 0 Å². The summed E-state index contributed by atoms with van der Waals surface area (Å²) < 4.78 is 6.01. The molecule has 2 aromatic carbocycles. The van der Waals surface area contributed by atoms with Crippen LogP contribution in [0.4, 0.5) is 5.69 Å². The largest absolute Gasteiger partial charge is 0.438 e. The number of nitrogens with one attached hydrogen (secondary N) is 1. The van der Waals surface area contributed by atoms with E-state index in [4.69, 9.17) is 10.5 Å². The Morgan fingerprint density at radius 1 is 1.00 bits per heavy atom. The molecule has 1 aliphatic rings. The Labute approximate surface area is 170 Å². The van der Waals surface area contributed by atoms with Gasteiger partial charge in [-0.15, -0.1) is 0 Å². The van der Waals surface area contributed by atoms with Crippen molar-refractivity contribution in [3.05, 3.63) is 72.4 Å². The lowest BCUT2D eigenvalue weighted by atomic mass is 9.94. The van der Waals surface area contributed by atoms with Crippen LogP contribution in [0.3, 0.4) is 0 Å². The third-order valence-electron chi connectivity index (χ3n) is 5.30. The fourth-order valence-corrected chi connectivity index (χ4v) is 3.83. The minimum absolute atomic E-state index is 0.372. The highest BCUT2D eigenvalue weighted by Crippen LogP contribution is 2.35. The Bertz CT molecular complexity index is 982. The van der Waals surface area contributed by atoms with Crippen LogP contribution in [0, 0.1) is 0 Å². The number of aromatic nitrogens is 1. The molecule has 0 aliphatic heterocycles. The SMILES string of the molecule is NC(=O)c1ccc(-c2ccccc2Oc2ccccn2)cc1NC1CCCCC1. The maximum absolute atomic E-state index is 12.0. The van der Waals surface area contributed by atoms with E-state index in [1.165, 1.54) is 19.3 Å². The van der Waals surface area contributed by atoms with E-state index in [1.807, 2.05) is 54.6 Å². The lowest BCUT2D eigenvalue weighted by molar-refractivity contribution is 0.100. The van der Waals surface area contributed by atoms with Gasteiger partial charge in [0, 0.05) is 29.6 Å². The Hall–Kier alpha value is -3.34. The van der Waals surface area contributed by atoms with Crippen molar-refractivity contribution < 1.29 is 9.53 Å². The number of benzene rings is 2. The number of pyridine rings is 1. The van der Waals surface area contributed by atoms with E-state index in [0.29, 0.717) is 23.2 Å². The van der Waals surface area contributed by atoms with E-state index in [9.17, 15) is 4.79 Å². The quantitative estimate of drug-likeness (QED) is 0.595. The van der Waals surface area contributed by atoms with Crippen LogP contribution in [-0.2, 0) is 0 Å². The molecule has 0 spiro atoms. The summed E-state index contributed by atoms with van der Waals surface area (Å²) >= 11 is 0. The Balaban J connectivity index is 1.68. The summed E-state index contributed by atoms with van der Waals surface area (Å²) in [5.74, 6) is 0.823. The number of rotatable bonds is 6. The van der Waals surface area contributed by atoms with Crippen molar-refractivity contribution in [2.75, 3.05) is 5.32 Å². The van der Waals surface area contributed by atoms with Crippen molar-refractivity contribution in [1.29, 1.82) is 0 Å². The highest BCUT2D eigenvalue weighted by Gasteiger charge is 2.18. The highest BCUT2D eigenvalue weighted by atomic mass is 16.5. The molecule has 0 saturated heterocycles. The van der Waals surface area contributed by atoms with Crippen LogP contribution in [0.25, 0.3) is 11.1 Å². The first-order valence-corrected chi connectivity index (χ1v) is 10.1. The number of carbonyl (C=O) groups is 1. The zero-order valence-electron chi connectivity index (χ0n) is 16.3. The topological polar surface area (TPSA) is 77.2 Å². The maximum atomic E-state index is 12.0. The van der Waals surface area contributed by atoms with E-state index in [1.54, 1.807) is 12.3 Å². The molecule has 1 heterocycles. The first kappa shape index (κ1) is 19.0. The molecule has 0 bridgehead atoms. The van der Waals surface area contributed by atoms with Crippen LogP contribution in [0.5, 0.6) is 11.6 Å². The Morgan fingerprint density at radius 2 is 1.79 bits per heavy atom. The Kier molecular flexibility index (Phi) is 5.75. The van der Waals surface area contributed by atoms with Gasteiger partial charge in [0.1, 0.15) is 5.75 Å². The van der Waals surface area contributed by atoms with Crippen LogP contribution in [-0.4, -0.2) is 16.9 Å². The van der Waals surface area contributed by atoms with Gasteiger partial charge in [-0.1, -0.05) is 49.6 Å². The number of anilines is 1. The average Bonchev–Trinajstić information content (AvgIpc) is 2.75. The maximum Gasteiger partial charge on any atom is 0.250 e. The summed E-state index contributed by atoms with van der Waals surface area (Å²) in [5.41, 5.74) is 8.82. The zero-order valence-corrected chi connectivity index (χ0v) is 16.3. The summed E-state index contributed by atoms with van der Waals surface area (Å²) in [6.45, 7) is 0. The molecule has 29 heavy (non-hydrogen) atoms. The molecule has 3 aromatic rings. The van der Waals surface area contributed by atoms with E-state index in [0.717, 1.165) is 29.7 Å². The van der Waals surface area contributed by atoms with E-state index >= 15 is 0 Å². The van der Waals surface area contributed by atoms with Gasteiger partial charge < -0.3 is 15.8 Å². The fourth-order valence-electron chi connectivity index (χ4n) is 3.83. The minimum Gasteiger partial charge on any atom is -0.438 e. The average molecular weight is 387 g/mol. The zero-order chi connectivity index (χ0) is 20.1. The molecule has 148 valence electrons. The van der Waals surface area contributed by atoms with Gasteiger partial charge in [-0.05, 0) is 42.7 Å². The number of para-hydroxylation sites is 1. The molecule has 3 N–H and O–H groups in total. The molecule has 1 amide bonds. The molecule has 1 aromatic heterocycles. The smallest absolute Gasteiger partial charge is 0.250 e. The summed E-state index contributed by atoms with van der Waals surface area (Å²) in [5, 5.41) is 3.56. The Morgan fingerprint density at radius 3 is 2.55 bits per heavy atom. The number of hydrogen-bond donors (Lipinski definition) is 2. The van der Waals surface area contributed by atoms with Crippen molar-refractivity contribution >= 4 is 11.6 Å². The molecule has 0 unspecified atom stereocenters. The van der Waals surface area contributed by atoms with E-state index in [-0.39, 0.29) is 0 Å². The lowest BCUT2D eigenvalue weighted by Gasteiger charge is -2.25. The minimum atomic E-state index is -0.423. The third-order valence-corrected chi connectivity index (χ3v) is 5.30. The summed E-state index contributed by atoms with van der Waals surface area (Å²) in [6, 6.07) is 19.5. The standard InChI is InChI=1S/C24H25N3O2/c25-24(28)20-14-13-17(16-21(20)27-18-8-2-1-3-9-18)19-10-4-5-11-22(19)29-23-12-6-7-15-26-23/h4-7,10-16,18,27H,1-3,8-9H2,(H2,25,28). The number of carbonyl (C=O) groups excluding carboxylic acids is 1. The van der Waals surface area contributed by atoms with Crippen molar-refractivity contribution in [3.8, 4) is 22.8 Å². The predicted octanol–water partition coefficient (Wildman–Crippen LogP) is 5.38. The third kappa shape index (κ3) is 4.57. The van der Waals surface area contributed by atoms with Crippen LogP contribution >= 0.6 is 0 Å². The van der Waals surface area contributed by atoms with Crippen molar-refractivity contribution in [3.63, 3.8) is 0 Å². The number of amides is 1. The number of primary amides is 1. The van der Waals surface area contributed by atoms with Crippen molar-refractivity contribution in [1.82, 2.24) is 4.98 Å².